The number of para-hydroxylation sites is 1. The van der Waals surface area contributed by atoms with Crippen LogP contribution in [0.3, 0.4) is 0 Å². The summed E-state index contributed by atoms with van der Waals surface area (Å²) in [5, 5.41) is 1.06. The van der Waals surface area contributed by atoms with Crippen molar-refractivity contribution in [2.45, 2.75) is 25.8 Å². The zero-order valence-corrected chi connectivity index (χ0v) is 13.8. The molecule has 0 aliphatic carbocycles. The summed E-state index contributed by atoms with van der Waals surface area (Å²) in [6, 6.07) is 16.1. The molecule has 1 atom stereocenters. The first-order valence-electron chi connectivity index (χ1n) is 7.95. The van der Waals surface area contributed by atoms with E-state index < -0.39 is 0 Å². The van der Waals surface area contributed by atoms with Gasteiger partial charge in [0.15, 0.2) is 0 Å². The number of hydrogen-bond acceptors (Lipinski definition) is 3. The normalized spacial score (nSPS) is 17.8. The van der Waals surface area contributed by atoms with Gasteiger partial charge in [0.2, 0.25) is 0 Å². The monoisotopic (exact) mass is 322 g/mol. The molecule has 1 saturated heterocycles. The average Bonchev–Trinajstić information content (AvgIpc) is 3.21. The van der Waals surface area contributed by atoms with Crippen LogP contribution in [-0.2, 0) is 0 Å². The maximum absolute atomic E-state index is 12.9. The molecule has 1 aliphatic heterocycles. The second kappa shape index (κ2) is 5.78. The summed E-state index contributed by atoms with van der Waals surface area (Å²) in [5.41, 5.74) is 2.97. The van der Waals surface area contributed by atoms with Crippen LogP contribution >= 0.6 is 11.3 Å². The number of aromatic nitrogens is 1. The molecular weight excluding hydrogens is 304 g/mol. The third-order valence-corrected chi connectivity index (χ3v) is 5.55. The molecule has 1 fully saturated rings. The van der Waals surface area contributed by atoms with Gasteiger partial charge in [-0.3, -0.25) is 4.79 Å². The summed E-state index contributed by atoms with van der Waals surface area (Å²) < 4.78 is 1.19. The molecule has 3 aromatic rings. The molecule has 116 valence electrons. The molecule has 3 nitrogen and oxygen atoms in total. The lowest BCUT2D eigenvalue weighted by Crippen LogP contribution is -2.30. The van der Waals surface area contributed by atoms with Crippen molar-refractivity contribution < 1.29 is 4.79 Å². The average molecular weight is 322 g/mol. The minimum absolute atomic E-state index is 0.112. The third-order valence-electron chi connectivity index (χ3n) is 4.41. The van der Waals surface area contributed by atoms with Crippen molar-refractivity contribution in [3.8, 4) is 0 Å². The minimum Gasteiger partial charge on any atom is -0.329 e. The lowest BCUT2D eigenvalue weighted by molar-refractivity contribution is 0.0735. The van der Waals surface area contributed by atoms with Crippen LogP contribution in [-0.4, -0.2) is 22.3 Å². The summed E-state index contributed by atoms with van der Waals surface area (Å²) in [4.78, 5) is 19.6. The Morgan fingerprint density at radius 1 is 1.17 bits per heavy atom. The van der Waals surface area contributed by atoms with E-state index in [1.807, 2.05) is 54.3 Å². The Balaban J connectivity index is 1.65. The van der Waals surface area contributed by atoms with E-state index in [2.05, 4.69) is 6.07 Å². The highest BCUT2D eigenvalue weighted by Crippen LogP contribution is 2.37. The van der Waals surface area contributed by atoms with E-state index in [9.17, 15) is 4.79 Å². The van der Waals surface area contributed by atoms with Crippen molar-refractivity contribution in [1.29, 1.82) is 0 Å². The summed E-state index contributed by atoms with van der Waals surface area (Å²) >= 11 is 1.71. The number of likely N-dealkylation sites (tertiary alicyclic amines) is 1. The fourth-order valence-electron chi connectivity index (χ4n) is 3.16. The number of nitrogens with zero attached hydrogens (tertiary/aromatic N) is 2. The Kier molecular flexibility index (Phi) is 3.62. The van der Waals surface area contributed by atoms with Gasteiger partial charge in [0.1, 0.15) is 5.01 Å². The summed E-state index contributed by atoms with van der Waals surface area (Å²) in [6.45, 7) is 2.85. The number of amides is 1. The van der Waals surface area contributed by atoms with Gasteiger partial charge < -0.3 is 4.90 Å². The zero-order chi connectivity index (χ0) is 15.8. The van der Waals surface area contributed by atoms with Crippen molar-refractivity contribution in [3.05, 3.63) is 64.7 Å². The second-order valence-corrected chi connectivity index (χ2v) is 7.10. The van der Waals surface area contributed by atoms with Crippen LogP contribution in [0.15, 0.2) is 48.5 Å². The predicted molar refractivity (Wildman–Crippen MR) is 93.8 cm³/mol. The fraction of sp³-hybridized carbons (Fsp3) is 0.263. The van der Waals surface area contributed by atoms with Crippen molar-refractivity contribution in [1.82, 2.24) is 9.88 Å². The van der Waals surface area contributed by atoms with Crippen molar-refractivity contribution >= 4 is 27.5 Å². The highest BCUT2D eigenvalue weighted by molar-refractivity contribution is 7.18. The van der Waals surface area contributed by atoms with Gasteiger partial charge in [0, 0.05) is 12.1 Å². The Bertz CT molecular complexity index is 820. The molecule has 2 heterocycles. The van der Waals surface area contributed by atoms with Gasteiger partial charge in [-0.15, -0.1) is 11.3 Å². The van der Waals surface area contributed by atoms with E-state index in [0.717, 1.165) is 35.5 Å². The largest absolute Gasteiger partial charge is 0.329 e. The number of hydrogen-bond donors (Lipinski definition) is 0. The van der Waals surface area contributed by atoms with Crippen molar-refractivity contribution in [2.24, 2.45) is 0 Å². The first kappa shape index (κ1) is 14.4. The van der Waals surface area contributed by atoms with E-state index >= 15 is 0 Å². The number of carbonyl (C=O) groups is 1. The van der Waals surface area contributed by atoms with Gasteiger partial charge >= 0.3 is 0 Å². The molecule has 4 heteroatoms. The lowest BCUT2D eigenvalue weighted by Gasteiger charge is -2.23. The highest BCUT2D eigenvalue weighted by Gasteiger charge is 2.32. The molecule has 0 saturated carbocycles. The number of carbonyl (C=O) groups excluding carboxylic acids is 1. The molecule has 1 amide bonds. The van der Waals surface area contributed by atoms with Crippen LogP contribution in [0.5, 0.6) is 0 Å². The van der Waals surface area contributed by atoms with Gasteiger partial charge in [0.05, 0.1) is 16.3 Å². The summed E-state index contributed by atoms with van der Waals surface area (Å²) in [6.07, 6.45) is 2.04. The van der Waals surface area contributed by atoms with E-state index in [1.54, 1.807) is 11.3 Å². The molecule has 1 unspecified atom stereocenters. The van der Waals surface area contributed by atoms with Crippen molar-refractivity contribution in [2.75, 3.05) is 6.54 Å². The quantitative estimate of drug-likeness (QED) is 0.692. The molecule has 0 spiro atoms. The highest BCUT2D eigenvalue weighted by atomic mass is 32.1. The number of rotatable bonds is 2. The molecule has 0 bridgehead atoms. The van der Waals surface area contributed by atoms with Crippen LogP contribution in [0.4, 0.5) is 0 Å². The van der Waals surface area contributed by atoms with Crippen LogP contribution in [0.2, 0.25) is 0 Å². The Morgan fingerprint density at radius 2 is 1.96 bits per heavy atom. The summed E-state index contributed by atoms with van der Waals surface area (Å²) in [7, 11) is 0. The first-order valence-corrected chi connectivity index (χ1v) is 8.77. The first-order chi connectivity index (χ1) is 11.2. The SMILES string of the molecule is Cc1ccc(C(=O)N2CCCC2c2nc3ccccc3s2)cc1. The van der Waals surface area contributed by atoms with E-state index in [-0.39, 0.29) is 11.9 Å². The van der Waals surface area contributed by atoms with E-state index in [1.165, 1.54) is 10.3 Å². The van der Waals surface area contributed by atoms with Crippen LogP contribution in [0, 0.1) is 6.92 Å². The topological polar surface area (TPSA) is 33.2 Å². The molecule has 23 heavy (non-hydrogen) atoms. The van der Waals surface area contributed by atoms with E-state index in [4.69, 9.17) is 4.98 Å². The Hall–Kier alpha value is -2.20. The van der Waals surface area contributed by atoms with Gasteiger partial charge in [-0.2, -0.15) is 0 Å². The minimum atomic E-state index is 0.112. The number of benzene rings is 2. The third kappa shape index (κ3) is 2.63. The molecule has 1 aromatic heterocycles. The molecule has 4 rings (SSSR count). The maximum atomic E-state index is 12.9. The maximum Gasteiger partial charge on any atom is 0.254 e. The summed E-state index contributed by atoms with van der Waals surface area (Å²) in [5.74, 6) is 0.117. The number of aryl methyl sites for hydroxylation is 1. The lowest BCUT2D eigenvalue weighted by atomic mass is 10.1. The fourth-order valence-corrected chi connectivity index (χ4v) is 4.28. The second-order valence-electron chi connectivity index (χ2n) is 6.04. The van der Waals surface area contributed by atoms with Crippen LogP contribution in [0.1, 0.15) is 39.8 Å². The van der Waals surface area contributed by atoms with Crippen LogP contribution < -0.4 is 0 Å². The van der Waals surface area contributed by atoms with Crippen LogP contribution in [0.25, 0.3) is 10.2 Å². The molecule has 2 aromatic carbocycles. The molecule has 0 radical (unpaired) electrons. The Morgan fingerprint density at radius 3 is 2.74 bits per heavy atom. The van der Waals surface area contributed by atoms with Gasteiger partial charge in [-0.05, 0) is 44.0 Å². The van der Waals surface area contributed by atoms with E-state index in [0.29, 0.717) is 0 Å². The zero-order valence-electron chi connectivity index (χ0n) is 13.0. The molecule has 0 N–H and O–H groups in total. The number of thiazole rings is 1. The smallest absolute Gasteiger partial charge is 0.254 e. The van der Waals surface area contributed by atoms with Crippen molar-refractivity contribution in [3.63, 3.8) is 0 Å². The Labute approximate surface area is 139 Å². The predicted octanol–water partition coefficient (Wildman–Crippen LogP) is 4.58. The standard InChI is InChI=1S/C19H18N2OS/c1-13-8-10-14(11-9-13)19(22)21-12-4-6-16(21)18-20-15-5-2-3-7-17(15)23-18/h2-3,5,7-11,16H,4,6,12H2,1H3. The van der Waals surface area contributed by atoms with Gasteiger partial charge in [0.25, 0.3) is 5.91 Å². The van der Waals surface area contributed by atoms with Gasteiger partial charge in [-0.1, -0.05) is 29.8 Å². The number of fused-ring (bicyclic) bond motifs is 1. The van der Waals surface area contributed by atoms with Gasteiger partial charge in [-0.25, -0.2) is 4.98 Å². The molecule has 1 aliphatic rings. The molecular formula is C19H18N2OS.